The highest BCUT2D eigenvalue weighted by molar-refractivity contribution is 7.98. The summed E-state index contributed by atoms with van der Waals surface area (Å²) in [4.78, 5) is 30.2. The molecule has 3 heterocycles. The summed E-state index contributed by atoms with van der Waals surface area (Å²) < 4.78 is 11.4. The summed E-state index contributed by atoms with van der Waals surface area (Å²) in [5.41, 5.74) is 1.02. The number of fused-ring (bicyclic) bond motifs is 1. The predicted octanol–water partition coefficient (Wildman–Crippen LogP) is 3.58. The van der Waals surface area contributed by atoms with Crippen LogP contribution in [0.4, 0.5) is 0 Å². The average molecular weight is 413 g/mol. The molecule has 9 heteroatoms. The van der Waals surface area contributed by atoms with E-state index in [2.05, 4.69) is 10.1 Å². The lowest BCUT2D eigenvalue weighted by molar-refractivity contribution is -0.141. The molecule has 0 N–H and O–H groups in total. The molecule has 0 atom stereocenters. The van der Waals surface area contributed by atoms with E-state index in [0.29, 0.717) is 27.6 Å². The highest BCUT2D eigenvalue weighted by Crippen LogP contribution is 2.28. The summed E-state index contributed by atoms with van der Waals surface area (Å²) in [6, 6.07) is 12.8. The van der Waals surface area contributed by atoms with Crippen molar-refractivity contribution >= 4 is 40.0 Å². The first-order chi connectivity index (χ1) is 13.7. The minimum Gasteiger partial charge on any atom is -0.468 e. The Morgan fingerprint density at radius 1 is 1.29 bits per heavy atom. The third-order valence-corrected chi connectivity index (χ3v) is 5.91. The molecule has 1 aromatic carbocycles. The van der Waals surface area contributed by atoms with Gasteiger partial charge in [-0.05, 0) is 23.6 Å². The maximum atomic E-state index is 12.8. The van der Waals surface area contributed by atoms with Crippen molar-refractivity contribution in [3.05, 3.63) is 63.9 Å². The molecule has 0 aliphatic carbocycles. The van der Waals surface area contributed by atoms with E-state index in [9.17, 15) is 9.59 Å². The second-order valence-electron chi connectivity index (χ2n) is 5.83. The normalized spacial score (nSPS) is 11.0. The molecule has 4 aromatic rings. The van der Waals surface area contributed by atoms with Gasteiger partial charge in [0.05, 0.1) is 28.6 Å². The van der Waals surface area contributed by atoms with Gasteiger partial charge < -0.3 is 9.26 Å². The number of para-hydroxylation sites is 1. The smallest absolute Gasteiger partial charge is 0.325 e. The van der Waals surface area contributed by atoms with Crippen molar-refractivity contribution in [1.82, 2.24) is 14.7 Å². The molecular formula is C19H15N3O4S2. The van der Waals surface area contributed by atoms with E-state index >= 15 is 0 Å². The lowest BCUT2D eigenvalue weighted by atomic mass is 10.2. The van der Waals surface area contributed by atoms with E-state index < -0.39 is 5.97 Å². The topological polar surface area (TPSA) is 87.2 Å². The predicted molar refractivity (Wildman–Crippen MR) is 107 cm³/mol. The summed E-state index contributed by atoms with van der Waals surface area (Å²) in [5, 5.41) is 6.93. The number of benzene rings is 1. The number of nitrogens with zero attached hydrogens (tertiary/aromatic N) is 3. The van der Waals surface area contributed by atoms with Gasteiger partial charge >= 0.3 is 5.97 Å². The van der Waals surface area contributed by atoms with Gasteiger partial charge in [-0.3, -0.25) is 14.2 Å². The Balaban J connectivity index is 1.64. The number of hydrogen-bond donors (Lipinski definition) is 0. The van der Waals surface area contributed by atoms with Crippen LogP contribution >= 0.6 is 23.1 Å². The van der Waals surface area contributed by atoms with E-state index in [4.69, 9.17) is 9.26 Å². The lowest BCUT2D eigenvalue weighted by Crippen LogP contribution is -2.27. The Morgan fingerprint density at radius 2 is 2.14 bits per heavy atom. The Bertz CT molecular complexity index is 1180. The number of hydrogen-bond acceptors (Lipinski definition) is 8. The molecule has 3 aromatic heterocycles. The van der Waals surface area contributed by atoms with Crippen LogP contribution in [0.2, 0.25) is 0 Å². The van der Waals surface area contributed by atoms with Gasteiger partial charge in [-0.15, -0.1) is 11.3 Å². The van der Waals surface area contributed by atoms with E-state index in [1.807, 2.05) is 29.6 Å². The second kappa shape index (κ2) is 7.99. The van der Waals surface area contributed by atoms with Gasteiger partial charge in [0.2, 0.25) is 0 Å². The monoisotopic (exact) mass is 413 g/mol. The standard InChI is InChI=1S/C19H15N3O4S2/c1-25-17(23)10-22-18(24)13-5-2-3-6-14(13)20-19(22)28-11-12-9-15(26-21-12)16-7-4-8-27-16/h2-9H,10-11H2,1H3. The number of esters is 1. The van der Waals surface area contributed by atoms with Crippen molar-refractivity contribution in [2.75, 3.05) is 7.11 Å². The summed E-state index contributed by atoms with van der Waals surface area (Å²) in [7, 11) is 1.29. The molecule has 0 aliphatic heterocycles. The molecule has 0 aliphatic rings. The quantitative estimate of drug-likeness (QED) is 0.271. The van der Waals surface area contributed by atoms with Crippen LogP contribution in [0.25, 0.3) is 21.5 Å². The number of rotatable bonds is 6. The summed E-state index contributed by atoms with van der Waals surface area (Å²) >= 11 is 2.89. The molecule has 28 heavy (non-hydrogen) atoms. The third-order valence-electron chi connectivity index (χ3n) is 4.01. The molecular weight excluding hydrogens is 398 g/mol. The van der Waals surface area contributed by atoms with Crippen LogP contribution in [0.1, 0.15) is 5.69 Å². The zero-order chi connectivity index (χ0) is 19.5. The zero-order valence-electron chi connectivity index (χ0n) is 14.8. The lowest BCUT2D eigenvalue weighted by Gasteiger charge is -2.11. The number of carbonyl (C=O) groups is 1. The number of ether oxygens (including phenoxy) is 1. The van der Waals surface area contributed by atoms with Crippen LogP contribution in [0.3, 0.4) is 0 Å². The van der Waals surface area contributed by atoms with Gasteiger partial charge in [0.15, 0.2) is 10.9 Å². The molecule has 0 radical (unpaired) electrons. The highest BCUT2D eigenvalue weighted by Gasteiger charge is 2.16. The number of thioether (sulfide) groups is 1. The maximum Gasteiger partial charge on any atom is 0.325 e. The Morgan fingerprint density at radius 3 is 2.93 bits per heavy atom. The van der Waals surface area contributed by atoms with Crippen LogP contribution in [0, 0.1) is 0 Å². The van der Waals surface area contributed by atoms with Crippen LogP contribution in [0.15, 0.2) is 62.3 Å². The molecule has 0 saturated heterocycles. The van der Waals surface area contributed by atoms with Crippen LogP contribution in [-0.2, 0) is 21.8 Å². The molecule has 142 valence electrons. The molecule has 0 fully saturated rings. The fourth-order valence-electron chi connectivity index (χ4n) is 2.64. The van der Waals surface area contributed by atoms with Gasteiger partial charge in [-0.2, -0.15) is 0 Å². The molecule has 0 spiro atoms. The van der Waals surface area contributed by atoms with Crippen LogP contribution < -0.4 is 5.56 Å². The third kappa shape index (κ3) is 3.71. The molecule has 4 rings (SSSR count). The van der Waals surface area contributed by atoms with Crippen molar-refractivity contribution < 1.29 is 14.1 Å². The fourth-order valence-corrected chi connectivity index (χ4v) is 4.20. The summed E-state index contributed by atoms with van der Waals surface area (Å²) in [5.74, 6) is 0.632. The van der Waals surface area contributed by atoms with Gasteiger partial charge in [-0.25, -0.2) is 4.98 Å². The van der Waals surface area contributed by atoms with E-state index in [1.165, 1.54) is 23.4 Å². The molecule has 7 nitrogen and oxygen atoms in total. The second-order valence-corrected chi connectivity index (χ2v) is 7.72. The van der Waals surface area contributed by atoms with Gasteiger partial charge in [0, 0.05) is 11.8 Å². The average Bonchev–Trinajstić information content (AvgIpc) is 3.40. The SMILES string of the molecule is COC(=O)Cn1c(SCc2cc(-c3cccs3)on2)nc2ccccc2c1=O. The van der Waals surface area contributed by atoms with Crippen molar-refractivity contribution in [1.29, 1.82) is 0 Å². The first kappa shape index (κ1) is 18.5. The van der Waals surface area contributed by atoms with Crippen molar-refractivity contribution in [2.45, 2.75) is 17.5 Å². The van der Waals surface area contributed by atoms with Crippen molar-refractivity contribution in [3.63, 3.8) is 0 Å². The minimum absolute atomic E-state index is 0.200. The van der Waals surface area contributed by atoms with E-state index in [-0.39, 0.29) is 12.1 Å². The zero-order valence-corrected chi connectivity index (χ0v) is 16.5. The minimum atomic E-state index is -0.512. The number of methoxy groups -OCH3 is 1. The summed E-state index contributed by atoms with van der Waals surface area (Å²) in [6.45, 7) is -0.200. The first-order valence-corrected chi connectivity index (χ1v) is 10.2. The van der Waals surface area contributed by atoms with Crippen LogP contribution in [-0.4, -0.2) is 27.8 Å². The first-order valence-electron chi connectivity index (χ1n) is 8.34. The van der Waals surface area contributed by atoms with Gasteiger partial charge in [0.25, 0.3) is 5.56 Å². The van der Waals surface area contributed by atoms with Gasteiger partial charge in [-0.1, -0.05) is 35.1 Å². The largest absolute Gasteiger partial charge is 0.468 e. The maximum absolute atomic E-state index is 12.8. The fraction of sp³-hybridized carbons (Fsp3) is 0.158. The molecule has 0 amide bonds. The Hall–Kier alpha value is -2.91. The number of thiophene rings is 1. The van der Waals surface area contributed by atoms with E-state index in [0.717, 1.165) is 10.6 Å². The summed E-state index contributed by atoms with van der Waals surface area (Å²) in [6.07, 6.45) is 0. The van der Waals surface area contributed by atoms with E-state index in [1.54, 1.807) is 29.5 Å². The van der Waals surface area contributed by atoms with Crippen molar-refractivity contribution in [3.8, 4) is 10.6 Å². The molecule has 0 saturated carbocycles. The van der Waals surface area contributed by atoms with Crippen LogP contribution in [0.5, 0.6) is 0 Å². The molecule has 0 bridgehead atoms. The molecule has 0 unspecified atom stereocenters. The Labute approximate surface area is 168 Å². The highest BCUT2D eigenvalue weighted by atomic mass is 32.2. The Kier molecular flexibility index (Phi) is 5.27. The number of aromatic nitrogens is 3. The number of carbonyl (C=O) groups excluding carboxylic acids is 1. The van der Waals surface area contributed by atoms with Gasteiger partial charge in [0.1, 0.15) is 6.54 Å². The van der Waals surface area contributed by atoms with Crippen molar-refractivity contribution in [2.24, 2.45) is 0 Å².